The van der Waals surface area contributed by atoms with Crippen LogP contribution in [0.2, 0.25) is 0 Å². The quantitative estimate of drug-likeness (QED) is 0.610. The van der Waals surface area contributed by atoms with E-state index in [0.29, 0.717) is 17.2 Å². The smallest absolute Gasteiger partial charge is 0.244 e. The van der Waals surface area contributed by atoms with Gasteiger partial charge in [-0.3, -0.25) is 4.79 Å². The minimum atomic E-state index is -0.958. The molecule has 1 amide bonds. The van der Waals surface area contributed by atoms with Gasteiger partial charge in [-0.25, -0.2) is 13.8 Å². The lowest BCUT2D eigenvalue weighted by molar-refractivity contribution is -0.117. The number of benzene rings is 2. The average Bonchev–Trinajstić information content (AvgIpc) is 2.70. The Morgan fingerprint density at radius 2 is 1.93 bits per heavy atom. The number of amides is 1. The number of nitrogens with zero attached hydrogens (tertiary/aromatic N) is 1. The molecule has 0 radical (unpaired) electrons. The summed E-state index contributed by atoms with van der Waals surface area (Å²) < 4.78 is 31.8. The van der Waals surface area contributed by atoms with Gasteiger partial charge < -0.3 is 10.1 Å². The van der Waals surface area contributed by atoms with E-state index in [-0.39, 0.29) is 11.9 Å². The van der Waals surface area contributed by atoms with Gasteiger partial charge in [-0.05, 0) is 54.5 Å². The fourth-order valence-electron chi connectivity index (χ4n) is 2.51. The monoisotopic (exact) mass is 380 g/mol. The number of halogens is 2. The van der Waals surface area contributed by atoms with Gasteiger partial charge in [0.15, 0.2) is 11.6 Å². The first-order valence-electron chi connectivity index (χ1n) is 8.64. The Hall–Kier alpha value is -3.54. The van der Waals surface area contributed by atoms with Crippen molar-refractivity contribution >= 4 is 12.0 Å². The second-order valence-electron chi connectivity index (χ2n) is 6.08. The first-order chi connectivity index (χ1) is 13.5. The molecule has 0 spiro atoms. The van der Waals surface area contributed by atoms with Gasteiger partial charge in [-0.15, -0.1) is 0 Å². The molecule has 1 atom stereocenters. The van der Waals surface area contributed by atoms with Crippen molar-refractivity contribution < 1.29 is 18.3 Å². The molecule has 0 fully saturated rings. The Morgan fingerprint density at radius 1 is 1.07 bits per heavy atom. The molecule has 1 aromatic heterocycles. The summed E-state index contributed by atoms with van der Waals surface area (Å²) >= 11 is 0. The topological polar surface area (TPSA) is 51.2 Å². The number of aromatic nitrogens is 1. The lowest BCUT2D eigenvalue weighted by atomic mass is 10.1. The maximum absolute atomic E-state index is 13.2. The van der Waals surface area contributed by atoms with Crippen LogP contribution >= 0.6 is 0 Å². The third kappa shape index (κ3) is 5.23. The van der Waals surface area contributed by atoms with Crippen molar-refractivity contribution in [3.63, 3.8) is 0 Å². The fraction of sp³-hybridized carbons (Fsp3) is 0.0909. The van der Waals surface area contributed by atoms with Crippen LogP contribution < -0.4 is 10.1 Å². The molecule has 0 aliphatic carbocycles. The molecule has 4 nitrogen and oxygen atoms in total. The Balaban J connectivity index is 1.62. The van der Waals surface area contributed by atoms with Crippen LogP contribution in [0.4, 0.5) is 8.78 Å². The van der Waals surface area contributed by atoms with Gasteiger partial charge in [-0.2, -0.15) is 0 Å². The lowest BCUT2D eigenvalue weighted by Gasteiger charge is -2.14. The van der Waals surface area contributed by atoms with Gasteiger partial charge in [0.05, 0.1) is 6.04 Å². The Kier molecular flexibility index (Phi) is 6.11. The highest BCUT2D eigenvalue weighted by molar-refractivity contribution is 5.91. The first-order valence-corrected chi connectivity index (χ1v) is 8.64. The maximum Gasteiger partial charge on any atom is 0.244 e. The molecule has 0 unspecified atom stereocenters. The summed E-state index contributed by atoms with van der Waals surface area (Å²) in [5.41, 5.74) is 1.25. The Bertz CT molecular complexity index is 991. The van der Waals surface area contributed by atoms with Crippen LogP contribution in [0, 0.1) is 11.6 Å². The van der Waals surface area contributed by atoms with Crippen LogP contribution in [0.5, 0.6) is 11.6 Å². The van der Waals surface area contributed by atoms with E-state index in [1.807, 2.05) is 31.2 Å². The minimum absolute atomic E-state index is 0.283. The van der Waals surface area contributed by atoms with Crippen LogP contribution in [-0.4, -0.2) is 10.9 Å². The molecule has 142 valence electrons. The zero-order valence-electron chi connectivity index (χ0n) is 15.1. The number of carbonyl (C=O) groups is 1. The molecular formula is C22H18F2N2O2. The molecule has 0 aliphatic heterocycles. The molecular weight excluding hydrogens is 362 g/mol. The second-order valence-corrected chi connectivity index (χ2v) is 6.08. The zero-order valence-corrected chi connectivity index (χ0v) is 15.1. The summed E-state index contributed by atoms with van der Waals surface area (Å²) in [4.78, 5) is 16.2. The highest BCUT2D eigenvalue weighted by atomic mass is 19.2. The average molecular weight is 380 g/mol. The summed E-state index contributed by atoms with van der Waals surface area (Å²) in [7, 11) is 0. The van der Waals surface area contributed by atoms with E-state index in [4.69, 9.17) is 4.74 Å². The molecule has 28 heavy (non-hydrogen) atoms. The molecule has 0 bridgehead atoms. The summed E-state index contributed by atoms with van der Waals surface area (Å²) in [6.07, 6.45) is 4.34. The number of hydrogen-bond donors (Lipinski definition) is 1. The van der Waals surface area contributed by atoms with E-state index in [1.54, 1.807) is 24.4 Å². The normalized spacial score (nSPS) is 12.0. The van der Waals surface area contributed by atoms with E-state index >= 15 is 0 Å². The molecule has 0 saturated heterocycles. The standard InChI is InChI=1S/C22H18F2N2O2/c1-15(26-21(27)11-9-16-8-10-19(23)20(24)13-16)17-5-4-6-18(14-17)28-22-7-2-3-12-25-22/h2-15H,1H3,(H,26,27)/t15-/m0/s1. The van der Waals surface area contributed by atoms with E-state index in [0.717, 1.165) is 17.7 Å². The third-order valence-corrected chi connectivity index (χ3v) is 3.95. The van der Waals surface area contributed by atoms with Gasteiger partial charge in [0.25, 0.3) is 0 Å². The minimum Gasteiger partial charge on any atom is -0.439 e. The maximum atomic E-state index is 13.2. The number of rotatable bonds is 6. The summed E-state index contributed by atoms with van der Waals surface area (Å²) in [6, 6.07) is 15.9. The SMILES string of the molecule is C[C@H](NC(=O)C=Cc1ccc(F)c(F)c1)c1cccc(Oc2ccccn2)c1. The number of carbonyl (C=O) groups excluding carboxylic acids is 1. The summed E-state index contributed by atoms with van der Waals surface area (Å²) in [6.45, 7) is 1.84. The van der Waals surface area contributed by atoms with Crippen molar-refractivity contribution in [1.29, 1.82) is 0 Å². The molecule has 1 heterocycles. The number of pyridine rings is 1. The second kappa shape index (κ2) is 8.90. The van der Waals surface area contributed by atoms with E-state index in [1.165, 1.54) is 18.2 Å². The molecule has 0 saturated carbocycles. The van der Waals surface area contributed by atoms with Crippen molar-refractivity contribution in [2.75, 3.05) is 0 Å². The molecule has 3 aromatic rings. The van der Waals surface area contributed by atoms with Crippen LogP contribution in [0.25, 0.3) is 6.08 Å². The highest BCUT2D eigenvalue weighted by Crippen LogP contribution is 2.23. The molecule has 3 rings (SSSR count). The number of ether oxygens (including phenoxy) is 1. The molecule has 0 aliphatic rings. The largest absolute Gasteiger partial charge is 0.439 e. The Labute approximate surface area is 161 Å². The predicted molar refractivity (Wildman–Crippen MR) is 103 cm³/mol. The van der Waals surface area contributed by atoms with Gasteiger partial charge in [-0.1, -0.05) is 24.3 Å². The van der Waals surface area contributed by atoms with Crippen LogP contribution in [0.15, 0.2) is 72.9 Å². The van der Waals surface area contributed by atoms with Crippen LogP contribution in [0.3, 0.4) is 0 Å². The van der Waals surface area contributed by atoms with Crippen molar-refractivity contribution in [3.8, 4) is 11.6 Å². The van der Waals surface area contributed by atoms with E-state index in [9.17, 15) is 13.6 Å². The first kappa shape index (κ1) is 19.2. The summed E-state index contributed by atoms with van der Waals surface area (Å²) in [5.74, 6) is -1.16. The van der Waals surface area contributed by atoms with Gasteiger partial charge in [0.2, 0.25) is 11.8 Å². The van der Waals surface area contributed by atoms with Gasteiger partial charge in [0, 0.05) is 18.3 Å². The van der Waals surface area contributed by atoms with Crippen LogP contribution in [-0.2, 0) is 4.79 Å². The van der Waals surface area contributed by atoms with Crippen LogP contribution in [0.1, 0.15) is 24.1 Å². The van der Waals surface area contributed by atoms with Gasteiger partial charge in [0.1, 0.15) is 5.75 Å². The molecule has 1 N–H and O–H groups in total. The predicted octanol–water partition coefficient (Wildman–Crippen LogP) is 5.04. The number of nitrogens with one attached hydrogen (secondary N) is 1. The molecule has 2 aromatic carbocycles. The third-order valence-electron chi connectivity index (χ3n) is 3.95. The fourth-order valence-corrected chi connectivity index (χ4v) is 2.51. The molecule has 6 heteroatoms. The Morgan fingerprint density at radius 3 is 2.68 bits per heavy atom. The zero-order chi connectivity index (χ0) is 19.9. The van der Waals surface area contributed by atoms with Crippen molar-refractivity contribution in [3.05, 3.63) is 95.7 Å². The lowest BCUT2D eigenvalue weighted by Crippen LogP contribution is -2.24. The summed E-state index contributed by atoms with van der Waals surface area (Å²) in [5, 5.41) is 2.82. The number of hydrogen-bond acceptors (Lipinski definition) is 3. The van der Waals surface area contributed by atoms with Gasteiger partial charge >= 0.3 is 0 Å². The van der Waals surface area contributed by atoms with E-state index in [2.05, 4.69) is 10.3 Å². The van der Waals surface area contributed by atoms with E-state index < -0.39 is 11.6 Å². The van der Waals surface area contributed by atoms with Crippen molar-refractivity contribution in [1.82, 2.24) is 10.3 Å². The highest BCUT2D eigenvalue weighted by Gasteiger charge is 2.09. The van der Waals surface area contributed by atoms with Crippen molar-refractivity contribution in [2.24, 2.45) is 0 Å². The van der Waals surface area contributed by atoms with Crippen molar-refractivity contribution in [2.45, 2.75) is 13.0 Å².